The Balaban J connectivity index is 2.10. The standard InChI is InChI=1S/C7H9NO2/c9-6-3-4-8(7(6)10)5-1-2-5/h5H,1-4H2. The monoisotopic (exact) mass is 139 g/mol. The molecule has 0 aromatic heterocycles. The highest BCUT2D eigenvalue weighted by molar-refractivity contribution is 6.38. The van der Waals surface area contributed by atoms with Gasteiger partial charge in [0.05, 0.1) is 0 Å². The van der Waals surface area contributed by atoms with E-state index in [0.717, 1.165) is 12.8 Å². The molecule has 1 heterocycles. The zero-order valence-corrected chi connectivity index (χ0v) is 5.67. The van der Waals surface area contributed by atoms with Crippen LogP contribution in [0.1, 0.15) is 19.3 Å². The first-order chi connectivity index (χ1) is 4.79. The van der Waals surface area contributed by atoms with Crippen LogP contribution in [0.3, 0.4) is 0 Å². The summed E-state index contributed by atoms with van der Waals surface area (Å²) in [5, 5.41) is 0. The van der Waals surface area contributed by atoms with Crippen LogP contribution in [-0.2, 0) is 9.59 Å². The van der Waals surface area contributed by atoms with Crippen molar-refractivity contribution in [3.8, 4) is 0 Å². The van der Waals surface area contributed by atoms with Gasteiger partial charge in [-0.2, -0.15) is 0 Å². The largest absolute Gasteiger partial charge is 0.333 e. The van der Waals surface area contributed by atoms with Gasteiger partial charge in [0.25, 0.3) is 5.91 Å². The van der Waals surface area contributed by atoms with Gasteiger partial charge in [0.1, 0.15) is 0 Å². The second kappa shape index (κ2) is 1.81. The molecule has 1 aliphatic carbocycles. The van der Waals surface area contributed by atoms with Crippen LogP contribution in [0.5, 0.6) is 0 Å². The van der Waals surface area contributed by atoms with Crippen molar-refractivity contribution in [3.63, 3.8) is 0 Å². The Bertz CT molecular complexity index is 196. The van der Waals surface area contributed by atoms with E-state index < -0.39 is 0 Å². The molecular weight excluding hydrogens is 130 g/mol. The molecular formula is C7H9NO2. The molecule has 54 valence electrons. The zero-order valence-electron chi connectivity index (χ0n) is 5.67. The van der Waals surface area contributed by atoms with E-state index in [1.807, 2.05) is 0 Å². The van der Waals surface area contributed by atoms with Crippen LogP contribution >= 0.6 is 0 Å². The number of likely N-dealkylation sites (tertiary alicyclic amines) is 1. The third-order valence-corrected chi connectivity index (χ3v) is 2.07. The molecule has 3 heteroatoms. The van der Waals surface area contributed by atoms with Crippen molar-refractivity contribution < 1.29 is 9.59 Å². The number of carbonyl (C=O) groups excluding carboxylic acids is 2. The molecule has 3 nitrogen and oxygen atoms in total. The van der Waals surface area contributed by atoms with Crippen LogP contribution in [0.25, 0.3) is 0 Å². The molecule has 2 aliphatic rings. The van der Waals surface area contributed by atoms with Gasteiger partial charge >= 0.3 is 0 Å². The number of hydrogen-bond donors (Lipinski definition) is 0. The molecule has 1 amide bonds. The van der Waals surface area contributed by atoms with Gasteiger partial charge in [-0.25, -0.2) is 0 Å². The first-order valence-corrected chi connectivity index (χ1v) is 3.63. The van der Waals surface area contributed by atoms with E-state index in [1.54, 1.807) is 4.90 Å². The van der Waals surface area contributed by atoms with E-state index in [4.69, 9.17) is 0 Å². The number of amides is 1. The lowest BCUT2D eigenvalue weighted by Crippen LogP contribution is -2.29. The summed E-state index contributed by atoms with van der Waals surface area (Å²) in [4.78, 5) is 23.4. The van der Waals surface area contributed by atoms with Gasteiger partial charge in [0.2, 0.25) is 5.78 Å². The van der Waals surface area contributed by atoms with Crippen molar-refractivity contribution in [3.05, 3.63) is 0 Å². The first kappa shape index (κ1) is 5.89. The van der Waals surface area contributed by atoms with Crippen molar-refractivity contribution in [1.29, 1.82) is 0 Å². The van der Waals surface area contributed by atoms with Crippen molar-refractivity contribution in [2.45, 2.75) is 25.3 Å². The van der Waals surface area contributed by atoms with Gasteiger partial charge in [-0.3, -0.25) is 9.59 Å². The number of rotatable bonds is 1. The molecule has 2 fully saturated rings. The molecule has 1 saturated carbocycles. The summed E-state index contributed by atoms with van der Waals surface area (Å²) >= 11 is 0. The molecule has 1 aliphatic heterocycles. The number of carbonyl (C=O) groups is 2. The van der Waals surface area contributed by atoms with E-state index in [0.29, 0.717) is 19.0 Å². The summed E-state index contributed by atoms with van der Waals surface area (Å²) in [6.07, 6.45) is 2.63. The van der Waals surface area contributed by atoms with E-state index in [1.165, 1.54) is 0 Å². The summed E-state index contributed by atoms with van der Waals surface area (Å²) in [6.45, 7) is 0.669. The Labute approximate surface area is 59.0 Å². The minimum atomic E-state index is -0.248. The van der Waals surface area contributed by atoms with E-state index in [-0.39, 0.29) is 11.7 Å². The average molecular weight is 139 g/mol. The normalized spacial score (nSPS) is 26.2. The lowest BCUT2D eigenvalue weighted by Gasteiger charge is -2.11. The van der Waals surface area contributed by atoms with Crippen LogP contribution in [0.2, 0.25) is 0 Å². The number of ketones is 1. The number of hydrogen-bond acceptors (Lipinski definition) is 2. The Hall–Kier alpha value is -0.860. The molecule has 0 radical (unpaired) electrons. The topological polar surface area (TPSA) is 37.4 Å². The maximum Gasteiger partial charge on any atom is 0.290 e. The Morgan fingerprint density at radius 3 is 2.40 bits per heavy atom. The molecule has 0 aromatic carbocycles. The Morgan fingerprint density at radius 1 is 1.30 bits per heavy atom. The molecule has 0 aromatic rings. The zero-order chi connectivity index (χ0) is 7.14. The number of nitrogens with zero attached hydrogens (tertiary/aromatic N) is 1. The molecule has 0 unspecified atom stereocenters. The Morgan fingerprint density at radius 2 is 2.00 bits per heavy atom. The smallest absolute Gasteiger partial charge is 0.290 e. The maximum atomic E-state index is 11.0. The highest BCUT2D eigenvalue weighted by Gasteiger charge is 2.39. The SMILES string of the molecule is O=C1CCN(C2CC2)C1=O. The summed E-state index contributed by atoms with van der Waals surface area (Å²) in [6, 6.07) is 0.416. The highest BCUT2D eigenvalue weighted by Crippen LogP contribution is 2.29. The summed E-state index contributed by atoms with van der Waals surface area (Å²) < 4.78 is 0. The highest BCUT2D eigenvalue weighted by atomic mass is 16.2. The summed E-state index contributed by atoms with van der Waals surface area (Å²) in [5.41, 5.74) is 0. The quantitative estimate of drug-likeness (QED) is 0.478. The van der Waals surface area contributed by atoms with E-state index in [9.17, 15) is 9.59 Å². The third-order valence-electron chi connectivity index (χ3n) is 2.07. The Kier molecular flexibility index (Phi) is 1.07. The molecule has 1 saturated heterocycles. The van der Waals surface area contributed by atoms with Crippen LogP contribution in [0.15, 0.2) is 0 Å². The van der Waals surface area contributed by atoms with Crippen LogP contribution in [0.4, 0.5) is 0 Å². The summed E-state index contributed by atoms with van der Waals surface area (Å²) in [5.74, 6) is -0.450. The molecule has 0 bridgehead atoms. The van der Waals surface area contributed by atoms with Gasteiger partial charge in [0, 0.05) is 19.0 Å². The van der Waals surface area contributed by atoms with Crippen LogP contribution in [-0.4, -0.2) is 29.2 Å². The molecule has 2 rings (SSSR count). The lowest BCUT2D eigenvalue weighted by molar-refractivity contribution is -0.140. The fourth-order valence-electron chi connectivity index (χ4n) is 1.33. The predicted octanol–water partition coefficient (Wildman–Crippen LogP) is -0.0498. The first-order valence-electron chi connectivity index (χ1n) is 3.63. The minimum absolute atomic E-state index is 0.202. The van der Waals surface area contributed by atoms with Crippen LogP contribution in [0, 0.1) is 0 Å². The summed E-state index contributed by atoms with van der Waals surface area (Å²) in [7, 11) is 0. The lowest BCUT2D eigenvalue weighted by atomic mass is 10.3. The van der Waals surface area contributed by atoms with Crippen molar-refractivity contribution >= 4 is 11.7 Å². The second-order valence-corrected chi connectivity index (χ2v) is 2.90. The minimum Gasteiger partial charge on any atom is -0.333 e. The van der Waals surface area contributed by atoms with Crippen molar-refractivity contribution in [2.75, 3.05) is 6.54 Å². The second-order valence-electron chi connectivity index (χ2n) is 2.90. The van der Waals surface area contributed by atoms with Gasteiger partial charge in [-0.15, -0.1) is 0 Å². The number of Topliss-reactive ketones (excluding diaryl/α,β-unsaturated/α-hetero) is 1. The van der Waals surface area contributed by atoms with Gasteiger partial charge in [0.15, 0.2) is 0 Å². The fraction of sp³-hybridized carbons (Fsp3) is 0.714. The van der Waals surface area contributed by atoms with Gasteiger partial charge in [-0.05, 0) is 12.8 Å². The van der Waals surface area contributed by atoms with Crippen molar-refractivity contribution in [2.24, 2.45) is 0 Å². The molecule has 10 heavy (non-hydrogen) atoms. The average Bonchev–Trinajstić information content (AvgIpc) is 2.67. The fourth-order valence-corrected chi connectivity index (χ4v) is 1.33. The molecule has 0 spiro atoms. The predicted molar refractivity (Wildman–Crippen MR) is 34.4 cm³/mol. The van der Waals surface area contributed by atoms with Crippen LogP contribution < -0.4 is 0 Å². The maximum absolute atomic E-state index is 11.0. The molecule has 0 atom stereocenters. The molecule has 0 N–H and O–H groups in total. The van der Waals surface area contributed by atoms with E-state index in [2.05, 4.69) is 0 Å². The third kappa shape index (κ3) is 0.735. The van der Waals surface area contributed by atoms with Gasteiger partial charge in [-0.1, -0.05) is 0 Å². The van der Waals surface area contributed by atoms with Crippen molar-refractivity contribution in [1.82, 2.24) is 4.90 Å². The van der Waals surface area contributed by atoms with E-state index >= 15 is 0 Å². The van der Waals surface area contributed by atoms with Gasteiger partial charge < -0.3 is 4.90 Å².